The standard InChI is InChI=1S/C37H29NOS/c1-25-15-16-28(31-12-8-13-33-32-11-6-7-14-34(32)39-36(31)33)24-40-35-23-30(21-22-37(25,35)2)38-29-19-17-27(18-20-29)26-9-4-3-5-10-26/h3-24,35,38H,1H2,2H3/b16-15-,28-24+/t35-,37?/m0/s1. The minimum atomic E-state index is -0.184. The number of hydrogen-bond acceptors (Lipinski definition) is 3. The molecule has 0 radical (unpaired) electrons. The van der Waals surface area contributed by atoms with Crippen molar-refractivity contribution < 1.29 is 4.42 Å². The first-order chi connectivity index (χ1) is 19.6. The van der Waals surface area contributed by atoms with Crippen molar-refractivity contribution in [1.29, 1.82) is 0 Å². The Hall–Kier alpha value is -4.47. The molecule has 0 spiro atoms. The van der Waals surface area contributed by atoms with E-state index < -0.39 is 0 Å². The molecule has 1 N–H and O–H groups in total. The smallest absolute Gasteiger partial charge is 0.143 e. The predicted molar refractivity (Wildman–Crippen MR) is 172 cm³/mol. The fourth-order valence-corrected chi connectivity index (χ4v) is 6.77. The predicted octanol–water partition coefficient (Wildman–Crippen LogP) is 10.4. The molecule has 2 aliphatic rings. The number of hydrogen-bond donors (Lipinski definition) is 1. The maximum absolute atomic E-state index is 6.34. The summed E-state index contributed by atoms with van der Waals surface area (Å²) in [6.07, 6.45) is 11.1. The van der Waals surface area contributed by atoms with Gasteiger partial charge in [0, 0.05) is 38.4 Å². The summed E-state index contributed by atoms with van der Waals surface area (Å²) in [5.74, 6) is 0. The highest BCUT2D eigenvalue weighted by atomic mass is 32.2. The largest absolute Gasteiger partial charge is 0.455 e. The van der Waals surface area contributed by atoms with Gasteiger partial charge in [0.1, 0.15) is 11.2 Å². The van der Waals surface area contributed by atoms with Gasteiger partial charge in [-0.1, -0.05) is 111 Å². The fourth-order valence-electron chi connectivity index (χ4n) is 5.53. The number of allylic oxidation sites excluding steroid dienone is 6. The third-order valence-electron chi connectivity index (χ3n) is 8.02. The van der Waals surface area contributed by atoms with Crippen LogP contribution in [-0.4, -0.2) is 5.25 Å². The molecule has 40 heavy (non-hydrogen) atoms. The van der Waals surface area contributed by atoms with Gasteiger partial charge in [0.25, 0.3) is 0 Å². The molecule has 3 heteroatoms. The summed E-state index contributed by atoms with van der Waals surface area (Å²) in [6.45, 7) is 6.77. The maximum Gasteiger partial charge on any atom is 0.143 e. The summed E-state index contributed by atoms with van der Waals surface area (Å²) in [5, 5.41) is 8.37. The second-order valence-corrected chi connectivity index (χ2v) is 11.6. The first-order valence-corrected chi connectivity index (χ1v) is 14.5. The molecule has 2 atom stereocenters. The van der Waals surface area contributed by atoms with Crippen molar-refractivity contribution in [2.24, 2.45) is 5.41 Å². The van der Waals surface area contributed by atoms with Gasteiger partial charge in [-0.15, -0.1) is 11.8 Å². The van der Waals surface area contributed by atoms with Gasteiger partial charge < -0.3 is 9.73 Å². The number of rotatable bonds is 4. The maximum atomic E-state index is 6.34. The van der Waals surface area contributed by atoms with Gasteiger partial charge in [-0.3, -0.25) is 0 Å². The van der Waals surface area contributed by atoms with Gasteiger partial charge >= 0.3 is 0 Å². The number of benzene rings is 4. The summed E-state index contributed by atoms with van der Waals surface area (Å²) in [5.41, 5.74) is 9.57. The van der Waals surface area contributed by atoms with E-state index in [-0.39, 0.29) is 10.7 Å². The molecule has 1 unspecified atom stereocenters. The van der Waals surface area contributed by atoms with Crippen LogP contribution in [0.15, 0.2) is 155 Å². The summed E-state index contributed by atoms with van der Waals surface area (Å²) in [4.78, 5) is 0. The highest BCUT2D eigenvalue weighted by molar-refractivity contribution is 8.03. The SMILES string of the molecule is C=C1/C=C\C(c2cccc3c2oc2ccccc23)=C/S[C@H]2C=C(Nc3ccc(-c4ccccc4)cc3)C=CC12C. The number of nitrogens with one attached hydrogen (secondary N) is 1. The van der Waals surface area contributed by atoms with Crippen LogP contribution in [0.5, 0.6) is 0 Å². The minimum Gasteiger partial charge on any atom is -0.455 e. The molecule has 0 saturated carbocycles. The number of fused-ring (bicyclic) bond motifs is 4. The number of anilines is 1. The molecule has 1 aliphatic carbocycles. The van der Waals surface area contributed by atoms with Crippen molar-refractivity contribution in [3.8, 4) is 11.1 Å². The van der Waals surface area contributed by atoms with Crippen molar-refractivity contribution in [2.75, 3.05) is 5.32 Å². The quantitative estimate of drug-likeness (QED) is 0.248. The minimum absolute atomic E-state index is 0.184. The van der Waals surface area contributed by atoms with Gasteiger partial charge in [0.2, 0.25) is 0 Å². The van der Waals surface area contributed by atoms with Gasteiger partial charge in [-0.05, 0) is 58.0 Å². The Balaban J connectivity index is 1.19. The number of thioether (sulfide) groups is 1. The van der Waals surface area contributed by atoms with Crippen LogP contribution in [0.4, 0.5) is 5.69 Å². The van der Waals surface area contributed by atoms with E-state index in [1.165, 1.54) is 11.1 Å². The van der Waals surface area contributed by atoms with Crippen LogP contribution < -0.4 is 5.32 Å². The zero-order valence-corrected chi connectivity index (χ0v) is 23.1. The summed E-state index contributed by atoms with van der Waals surface area (Å²) in [6, 6.07) is 33.7. The first kappa shape index (κ1) is 24.6. The molecule has 2 heterocycles. The van der Waals surface area contributed by atoms with Gasteiger partial charge in [-0.25, -0.2) is 0 Å². The molecular weight excluding hydrogens is 506 g/mol. The van der Waals surface area contributed by atoms with Crippen molar-refractivity contribution in [3.05, 3.63) is 156 Å². The second kappa shape index (κ2) is 9.93. The van der Waals surface area contributed by atoms with Crippen molar-refractivity contribution in [3.63, 3.8) is 0 Å². The van der Waals surface area contributed by atoms with E-state index in [1.54, 1.807) is 0 Å². The Kier molecular flexibility index (Phi) is 6.10. The third-order valence-corrected chi connectivity index (χ3v) is 9.33. The Bertz CT molecular complexity index is 1870. The zero-order valence-electron chi connectivity index (χ0n) is 22.3. The van der Waals surface area contributed by atoms with Crippen molar-refractivity contribution in [2.45, 2.75) is 12.2 Å². The van der Waals surface area contributed by atoms with E-state index in [9.17, 15) is 0 Å². The van der Waals surface area contributed by atoms with Crippen LogP contribution in [0.3, 0.4) is 0 Å². The lowest BCUT2D eigenvalue weighted by molar-refractivity contribution is 0.544. The molecular formula is C37H29NOS. The van der Waals surface area contributed by atoms with E-state index in [0.717, 1.165) is 50.0 Å². The lowest BCUT2D eigenvalue weighted by atomic mass is 9.76. The van der Waals surface area contributed by atoms with Crippen molar-refractivity contribution in [1.82, 2.24) is 0 Å². The van der Waals surface area contributed by atoms with E-state index in [4.69, 9.17) is 4.42 Å². The highest BCUT2D eigenvalue weighted by Gasteiger charge is 2.35. The Morgan fingerprint density at radius 1 is 0.775 bits per heavy atom. The molecule has 1 aromatic heterocycles. The number of para-hydroxylation sites is 2. The molecule has 0 amide bonds. The third kappa shape index (κ3) is 4.33. The van der Waals surface area contributed by atoms with E-state index in [1.807, 2.05) is 30.0 Å². The number of furan rings is 1. The molecule has 1 aliphatic heterocycles. The Labute approximate surface area is 239 Å². The van der Waals surface area contributed by atoms with E-state index in [2.05, 4.69) is 133 Å². The first-order valence-electron chi connectivity index (χ1n) is 13.6. The van der Waals surface area contributed by atoms with Crippen LogP contribution in [0.1, 0.15) is 12.5 Å². The van der Waals surface area contributed by atoms with E-state index in [0.29, 0.717) is 0 Å². The molecule has 4 aromatic carbocycles. The molecule has 5 aromatic rings. The van der Waals surface area contributed by atoms with Crippen LogP contribution in [0.25, 0.3) is 38.6 Å². The summed E-state index contributed by atoms with van der Waals surface area (Å²) >= 11 is 1.83. The lowest BCUT2D eigenvalue weighted by Crippen LogP contribution is -2.31. The van der Waals surface area contributed by atoms with E-state index >= 15 is 0 Å². The second-order valence-electron chi connectivity index (χ2n) is 10.6. The topological polar surface area (TPSA) is 25.2 Å². The van der Waals surface area contributed by atoms with Gasteiger partial charge in [-0.2, -0.15) is 0 Å². The summed E-state index contributed by atoms with van der Waals surface area (Å²) < 4.78 is 6.34. The highest BCUT2D eigenvalue weighted by Crippen LogP contribution is 2.46. The molecule has 0 saturated heterocycles. The Morgan fingerprint density at radius 3 is 2.38 bits per heavy atom. The van der Waals surface area contributed by atoms with Crippen LogP contribution in [0.2, 0.25) is 0 Å². The van der Waals surface area contributed by atoms with Crippen LogP contribution >= 0.6 is 11.8 Å². The Morgan fingerprint density at radius 2 is 1.52 bits per heavy atom. The zero-order chi connectivity index (χ0) is 27.1. The average molecular weight is 536 g/mol. The summed E-state index contributed by atoms with van der Waals surface area (Å²) in [7, 11) is 0. The monoisotopic (exact) mass is 535 g/mol. The van der Waals surface area contributed by atoms with Crippen LogP contribution in [-0.2, 0) is 0 Å². The molecule has 7 rings (SSSR count). The molecule has 0 fully saturated rings. The average Bonchev–Trinajstić information content (AvgIpc) is 3.38. The van der Waals surface area contributed by atoms with Gasteiger partial charge in [0.15, 0.2) is 0 Å². The van der Waals surface area contributed by atoms with Crippen molar-refractivity contribution >= 4 is 45.0 Å². The molecule has 0 bridgehead atoms. The lowest BCUT2D eigenvalue weighted by Gasteiger charge is -2.37. The molecule has 194 valence electrons. The normalized spacial score (nSPS) is 22.6. The molecule has 2 nitrogen and oxygen atoms in total. The van der Waals surface area contributed by atoms with Crippen LogP contribution in [0, 0.1) is 5.41 Å². The fraction of sp³-hybridized carbons (Fsp3) is 0.0811. The van der Waals surface area contributed by atoms with Gasteiger partial charge in [0.05, 0.1) is 0 Å².